The van der Waals surface area contributed by atoms with Crippen molar-refractivity contribution >= 4 is 11.3 Å². The fourth-order valence-corrected chi connectivity index (χ4v) is 3.52. The Balaban J connectivity index is 1.79. The van der Waals surface area contributed by atoms with Crippen LogP contribution in [0, 0.1) is 6.92 Å². The Bertz CT molecular complexity index is 359. The number of likely N-dealkylation sites (tertiary alicyclic amines) is 1. The minimum atomic E-state index is 0.697. The third-order valence-electron chi connectivity index (χ3n) is 4.04. The molecule has 1 unspecified atom stereocenters. The zero-order chi connectivity index (χ0) is 13.0. The topological polar surface area (TPSA) is 15.3 Å². The Kier molecular flexibility index (Phi) is 5.22. The summed E-state index contributed by atoms with van der Waals surface area (Å²) in [6.07, 6.45) is 3.95. The molecule has 2 rings (SSSR count). The molecule has 0 aromatic carbocycles. The van der Waals surface area contributed by atoms with E-state index >= 15 is 0 Å². The van der Waals surface area contributed by atoms with Gasteiger partial charge in [0.05, 0.1) is 0 Å². The Labute approximate surface area is 115 Å². The van der Waals surface area contributed by atoms with Gasteiger partial charge in [0.15, 0.2) is 0 Å². The monoisotopic (exact) mass is 266 g/mol. The SMILES string of the molecule is Cc1cscc1CNC1CCCN(C(C)C)CC1. The smallest absolute Gasteiger partial charge is 0.0218 e. The quantitative estimate of drug-likeness (QED) is 0.898. The van der Waals surface area contributed by atoms with Gasteiger partial charge in [0.25, 0.3) is 0 Å². The lowest BCUT2D eigenvalue weighted by Crippen LogP contribution is -2.33. The first-order valence-corrected chi connectivity index (χ1v) is 8.10. The predicted molar refractivity (Wildman–Crippen MR) is 80.2 cm³/mol. The molecule has 0 saturated carbocycles. The van der Waals surface area contributed by atoms with E-state index in [9.17, 15) is 0 Å². The molecule has 0 aliphatic carbocycles. The van der Waals surface area contributed by atoms with Crippen LogP contribution in [0.1, 0.15) is 44.2 Å². The van der Waals surface area contributed by atoms with Crippen LogP contribution in [0.5, 0.6) is 0 Å². The molecule has 1 saturated heterocycles. The zero-order valence-electron chi connectivity index (χ0n) is 11.9. The second-order valence-electron chi connectivity index (χ2n) is 5.72. The average molecular weight is 266 g/mol. The van der Waals surface area contributed by atoms with Gasteiger partial charge < -0.3 is 10.2 Å². The van der Waals surface area contributed by atoms with E-state index in [0.717, 1.165) is 6.54 Å². The molecule has 1 aromatic heterocycles. The summed E-state index contributed by atoms with van der Waals surface area (Å²) in [6, 6.07) is 1.40. The first-order chi connectivity index (χ1) is 8.66. The van der Waals surface area contributed by atoms with Crippen molar-refractivity contribution in [2.75, 3.05) is 13.1 Å². The normalized spacial score (nSPS) is 22.3. The van der Waals surface area contributed by atoms with Crippen LogP contribution in [0.15, 0.2) is 10.8 Å². The average Bonchev–Trinajstić information content (AvgIpc) is 2.62. The maximum Gasteiger partial charge on any atom is 0.0218 e. The molecule has 1 aliphatic heterocycles. The summed E-state index contributed by atoms with van der Waals surface area (Å²) >= 11 is 1.81. The molecular formula is C15H26N2S. The van der Waals surface area contributed by atoms with Gasteiger partial charge in [0, 0.05) is 18.6 Å². The maximum atomic E-state index is 3.74. The number of thiophene rings is 1. The number of hydrogen-bond donors (Lipinski definition) is 1. The first-order valence-electron chi connectivity index (χ1n) is 7.16. The molecule has 2 nitrogen and oxygen atoms in total. The summed E-state index contributed by atoms with van der Waals surface area (Å²) in [5.41, 5.74) is 2.91. The molecule has 3 heteroatoms. The molecule has 1 aliphatic rings. The van der Waals surface area contributed by atoms with Crippen LogP contribution in [-0.2, 0) is 6.54 Å². The summed E-state index contributed by atoms with van der Waals surface area (Å²) < 4.78 is 0. The van der Waals surface area contributed by atoms with Gasteiger partial charge in [-0.1, -0.05) is 0 Å². The van der Waals surface area contributed by atoms with E-state index < -0.39 is 0 Å². The third kappa shape index (κ3) is 3.81. The number of nitrogens with zero attached hydrogens (tertiary/aromatic N) is 1. The highest BCUT2D eigenvalue weighted by molar-refractivity contribution is 7.08. The van der Waals surface area contributed by atoms with Gasteiger partial charge in [0.2, 0.25) is 0 Å². The molecule has 2 heterocycles. The molecule has 0 amide bonds. The number of aryl methyl sites for hydroxylation is 1. The fourth-order valence-electron chi connectivity index (χ4n) is 2.66. The number of nitrogens with one attached hydrogen (secondary N) is 1. The van der Waals surface area contributed by atoms with E-state index in [4.69, 9.17) is 0 Å². The predicted octanol–water partition coefficient (Wildman–Crippen LogP) is 3.41. The number of hydrogen-bond acceptors (Lipinski definition) is 3. The van der Waals surface area contributed by atoms with Gasteiger partial charge in [-0.2, -0.15) is 11.3 Å². The lowest BCUT2D eigenvalue weighted by molar-refractivity contribution is 0.229. The van der Waals surface area contributed by atoms with E-state index in [0.29, 0.717) is 12.1 Å². The van der Waals surface area contributed by atoms with Crippen LogP contribution in [0.2, 0.25) is 0 Å². The van der Waals surface area contributed by atoms with Crippen molar-refractivity contribution in [2.45, 2.75) is 58.7 Å². The van der Waals surface area contributed by atoms with Gasteiger partial charge in [-0.3, -0.25) is 0 Å². The molecule has 0 bridgehead atoms. The van der Waals surface area contributed by atoms with Crippen LogP contribution in [0.3, 0.4) is 0 Å². The highest BCUT2D eigenvalue weighted by Crippen LogP contribution is 2.16. The minimum Gasteiger partial charge on any atom is -0.310 e. The highest BCUT2D eigenvalue weighted by atomic mass is 32.1. The molecule has 1 N–H and O–H groups in total. The first kappa shape index (κ1) is 14.0. The fraction of sp³-hybridized carbons (Fsp3) is 0.733. The van der Waals surface area contributed by atoms with Crippen LogP contribution in [-0.4, -0.2) is 30.1 Å². The van der Waals surface area contributed by atoms with Gasteiger partial charge >= 0.3 is 0 Å². The van der Waals surface area contributed by atoms with Crippen molar-refractivity contribution < 1.29 is 0 Å². The molecule has 1 fully saturated rings. The van der Waals surface area contributed by atoms with E-state index in [1.54, 1.807) is 0 Å². The van der Waals surface area contributed by atoms with Crippen molar-refractivity contribution in [3.8, 4) is 0 Å². The van der Waals surface area contributed by atoms with Crippen molar-refractivity contribution in [1.82, 2.24) is 10.2 Å². The summed E-state index contributed by atoms with van der Waals surface area (Å²) in [7, 11) is 0. The van der Waals surface area contributed by atoms with Crippen LogP contribution in [0.4, 0.5) is 0 Å². The van der Waals surface area contributed by atoms with Gasteiger partial charge in [-0.05, 0) is 75.0 Å². The lowest BCUT2D eigenvalue weighted by atomic mass is 10.1. The van der Waals surface area contributed by atoms with Crippen LogP contribution >= 0.6 is 11.3 Å². The Morgan fingerprint density at radius 1 is 1.33 bits per heavy atom. The summed E-state index contributed by atoms with van der Waals surface area (Å²) in [6.45, 7) is 10.4. The Hall–Kier alpha value is -0.380. The van der Waals surface area contributed by atoms with Gasteiger partial charge in [-0.15, -0.1) is 0 Å². The molecular weight excluding hydrogens is 240 g/mol. The molecule has 0 radical (unpaired) electrons. The van der Waals surface area contributed by atoms with Crippen molar-refractivity contribution in [3.63, 3.8) is 0 Å². The molecule has 102 valence electrons. The van der Waals surface area contributed by atoms with E-state index in [-0.39, 0.29) is 0 Å². The summed E-state index contributed by atoms with van der Waals surface area (Å²) in [5, 5.41) is 8.26. The summed E-state index contributed by atoms with van der Waals surface area (Å²) in [4.78, 5) is 2.61. The Morgan fingerprint density at radius 2 is 2.17 bits per heavy atom. The van der Waals surface area contributed by atoms with Gasteiger partial charge in [0.1, 0.15) is 0 Å². The molecule has 18 heavy (non-hydrogen) atoms. The zero-order valence-corrected chi connectivity index (χ0v) is 12.7. The highest BCUT2D eigenvalue weighted by Gasteiger charge is 2.18. The van der Waals surface area contributed by atoms with E-state index in [1.165, 1.54) is 43.5 Å². The van der Waals surface area contributed by atoms with Crippen molar-refractivity contribution in [2.24, 2.45) is 0 Å². The second kappa shape index (κ2) is 6.69. The molecule has 1 aromatic rings. The van der Waals surface area contributed by atoms with E-state index in [2.05, 4.69) is 41.7 Å². The van der Waals surface area contributed by atoms with Gasteiger partial charge in [-0.25, -0.2) is 0 Å². The number of rotatable bonds is 4. The van der Waals surface area contributed by atoms with Crippen molar-refractivity contribution in [1.29, 1.82) is 0 Å². The third-order valence-corrected chi connectivity index (χ3v) is 4.95. The van der Waals surface area contributed by atoms with Crippen molar-refractivity contribution in [3.05, 3.63) is 21.9 Å². The minimum absolute atomic E-state index is 0.697. The Morgan fingerprint density at radius 3 is 2.83 bits per heavy atom. The largest absolute Gasteiger partial charge is 0.310 e. The second-order valence-corrected chi connectivity index (χ2v) is 6.46. The van der Waals surface area contributed by atoms with Crippen LogP contribution < -0.4 is 5.32 Å². The van der Waals surface area contributed by atoms with Crippen LogP contribution in [0.25, 0.3) is 0 Å². The maximum absolute atomic E-state index is 3.74. The molecule has 1 atom stereocenters. The molecule has 0 spiro atoms. The lowest BCUT2D eigenvalue weighted by Gasteiger charge is -2.24. The van der Waals surface area contributed by atoms with E-state index in [1.807, 2.05) is 11.3 Å². The summed E-state index contributed by atoms with van der Waals surface area (Å²) in [5.74, 6) is 0. The standard InChI is InChI=1S/C15H26N2S/c1-12(2)17-7-4-5-15(6-8-17)16-9-14-11-18-10-13(14)3/h10-12,15-16H,4-9H2,1-3H3.